The fourth-order valence-electron chi connectivity index (χ4n) is 3.18. The molecule has 2 rings (SSSR count). The third kappa shape index (κ3) is 1.79. The molecule has 0 aromatic carbocycles. The van der Waals surface area contributed by atoms with Crippen LogP contribution in [0.4, 0.5) is 0 Å². The molecule has 2 aliphatic carbocycles. The lowest BCUT2D eigenvalue weighted by Crippen LogP contribution is -2.28. The van der Waals surface area contributed by atoms with Gasteiger partial charge >= 0.3 is 0 Å². The molecule has 2 fully saturated rings. The van der Waals surface area contributed by atoms with Crippen molar-refractivity contribution in [2.75, 3.05) is 0 Å². The van der Waals surface area contributed by atoms with Crippen molar-refractivity contribution in [3.63, 3.8) is 0 Å². The smallest absolute Gasteiger partial charge is 0.133 e. The van der Waals surface area contributed by atoms with E-state index in [1.54, 1.807) is 0 Å². The molecular formula is C12H20O. The van der Waals surface area contributed by atoms with Crippen molar-refractivity contribution < 1.29 is 4.79 Å². The molecular weight excluding hydrogens is 160 g/mol. The quantitative estimate of drug-likeness (QED) is 0.605. The highest BCUT2D eigenvalue weighted by Gasteiger charge is 2.39. The fourth-order valence-corrected chi connectivity index (χ4v) is 3.18. The minimum absolute atomic E-state index is 0.511. The van der Waals surface area contributed by atoms with Crippen molar-refractivity contribution in [3.8, 4) is 0 Å². The fraction of sp³-hybridized carbons (Fsp3) is 0.917. The monoisotopic (exact) mass is 180 g/mol. The zero-order valence-electron chi connectivity index (χ0n) is 8.64. The van der Waals surface area contributed by atoms with Crippen LogP contribution in [0.5, 0.6) is 0 Å². The largest absolute Gasteiger partial charge is 0.300 e. The lowest BCUT2D eigenvalue weighted by molar-refractivity contribution is -0.118. The number of carbonyl (C=O) groups excluding carboxylic acids is 1. The summed E-state index contributed by atoms with van der Waals surface area (Å²) in [6.45, 7) is 2.41. The summed E-state index contributed by atoms with van der Waals surface area (Å²) in [7, 11) is 0. The summed E-state index contributed by atoms with van der Waals surface area (Å²) < 4.78 is 0. The average molecular weight is 180 g/mol. The standard InChI is InChI=1S/C12H20O/c1-12(7-3-2-4-8-12)10-5-6-11(13)9-10/h10H,2-9H2,1H3/t10-/m0/s1. The van der Waals surface area contributed by atoms with Crippen LogP contribution in [0.25, 0.3) is 0 Å². The normalized spacial score (nSPS) is 33.6. The Morgan fingerprint density at radius 3 is 2.46 bits per heavy atom. The Labute approximate surface area is 80.9 Å². The third-order valence-corrected chi connectivity index (χ3v) is 4.23. The Kier molecular flexibility index (Phi) is 2.44. The summed E-state index contributed by atoms with van der Waals surface area (Å²) in [6.07, 6.45) is 9.85. The van der Waals surface area contributed by atoms with Gasteiger partial charge < -0.3 is 0 Å². The second-order valence-electron chi connectivity index (χ2n) is 5.19. The van der Waals surface area contributed by atoms with Crippen LogP contribution >= 0.6 is 0 Å². The van der Waals surface area contributed by atoms with Crippen LogP contribution in [-0.2, 0) is 4.79 Å². The Hall–Kier alpha value is -0.330. The van der Waals surface area contributed by atoms with Crippen molar-refractivity contribution >= 4 is 5.78 Å². The number of carbonyl (C=O) groups is 1. The second kappa shape index (κ2) is 3.43. The van der Waals surface area contributed by atoms with E-state index >= 15 is 0 Å². The van der Waals surface area contributed by atoms with Gasteiger partial charge in [0.25, 0.3) is 0 Å². The summed E-state index contributed by atoms with van der Waals surface area (Å²) in [6, 6.07) is 0. The zero-order valence-corrected chi connectivity index (χ0v) is 8.64. The first-order chi connectivity index (χ1) is 6.21. The molecule has 1 heteroatoms. The van der Waals surface area contributed by atoms with Crippen LogP contribution < -0.4 is 0 Å². The van der Waals surface area contributed by atoms with Gasteiger partial charge in [-0.2, -0.15) is 0 Å². The third-order valence-electron chi connectivity index (χ3n) is 4.23. The summed E-state index contributed by atoms with van der Waals surface area (Å²) >= 11 is 0. The van der Waals surface area contributed by atoms with Gasteiger partial charge in [-0.1, -0.05) is 26.2 Å². The molecule has 0 bridgehead atoms. The molecule has 0 N–H and O–H groups in total. The van der Waals surface area contributed by atoms with Gasteiger partial charge in [0.05, 0.1) is 0 Å². The van der Waals surface area contributed by atoms with Crippen molar-refractivity contribution in [3.05, 3.63) is 0 Å². The lowest BCUT2D eigenvalue weighted by atomic mass is 9.66. The number of hydrogen-bond acceptors (Lipinski definition) is 1. The first kappa shape index (κ1) is 9.23. The van der Waals surface area contributed by atoms with Crippen LogP contribution in [0.3, 0.4) is 0 Å². The SMILES string of the molecule is CC1([C@H]2CCC(=O)C2)CCCCC1. The maximum atomic E-state index is 11.2. The highest BCUT2D eigenvalue weighted by Crippen LogP contribution is 2.47. The highest BCUT2D eigenvalue weighted by molar-refractivity contribution is 5.80. The van der Waals surface area contributed by atoms with E-state index in [0.717, 1.165) is 18.8 Å². The molecule has 2 saturated carbocycles. The summed E-state index contributed by atoms with van der Waals surface area (Å²) in [5.74, 6) is 1.23. The van der Waals surface area contributed by atoms with Crippen LogP contribution in [0.2, 0.25) is 0 Å². The predicted octanol–water partition coefficient (Wildman–Crippen LogP) is 3.33. The van der Waals surface area contributed by atoms with Crippen molar-refractivity contribution in [2.45, 2.75) is 58.3 Å². The van der Waals surface area contributed by atoms with E-state index in [2.05, 4.69) is 6.92 Å². The van der Waals surface area contributed by atoms with Crippen molar-refractivity contribution in [1.29, 1.82) is 0 Å². The van der Waals surface area contributed by atoms with E-state index in [-0.39, 0.29) is 0 Å². The van der Waals surface area contributed by atoms with Gasteiger partial charge in [0.15, 0.2) is 0 Å². The number of hydrogen-bond donors (Lipinski definition) is 0. The number of Topliss-reactive ketones (excluding diaryl/α,β-unsaturated/α-hetero) is 1. The highest BCUT2D eigenvalue weighted by atomic mass is 16.1. The van der Waals surface area contributed by atoms with E-state index < -0.39 is 0 Å². The van der Waals surface area contributed by atoms with Gasteiger partial charge in [-0.3, -0.25) is 4.79 Å². The Morgan fingerprint density at radius 2 is 1.92 bits per heavy atom. The molecule has 0 aliphatic heterocycles. The minimum atomic E-state index is 0.511. The average Bonchev–Trinajstić information content (AvgIpc) is 2.54. The van der Waals surface area contributed by atoms with Crippen molar-refractivity contribution in [1.82, 2.24) is 0 Å². The van der Waals surface area contributed by atoms with E-state index in [1.165, 1.54) is 38.5 Å². The molecule has 0 radical (unpaired) electrons. The maximum Gasteiger partial charge on any atom is 0.133 e. The van der Waals surface area contributed by atoms with E-state index in [4.69, 9.17) is 0 Å². The molecule has 0 heterocycles. The molecule has 0 amide bonds. The Bertz CT molecular complexity index is 201. The van der Waals surface area contributed by atoms with E-state index in [1.807, 2.05) is 0 Å². The Morgan fingerprint density at radius 1 is 1.23 bits per heavy atom. The molecule has 0 aromatic rings. The van der Waals surface area contributed by atoms with Crippen LogP contribution in [0.15, 0.2) is 0 Å². The number of rotatable bonds is 1. The first-order valence-corrected chi connectivity index (χ1v) is 5.72. The molecule has 1 atom stereocenters. The molecule has 0 saturated heterocycles. The zero-order chi connectivity index (χ0) is 9.31. The second-order valence-corrected chi connectivity index (χ2v) is 5.19. The summed E-state index contributed by atoms with van der Waals surface area (Å²) in [5.41, 5.74) is 0.518. The minimum Gasteiger partial charge on any atom is -0.300 e. The maximum absolute atomic E-state index is 11.2. The molecule has 13 heavy (non-hydrogen) atoms. The van der Waals surface area contributed by atoms with Crippen LogP contribution in [-0.4, -0.2) is 5.78 Å². The molecule has 0 spiro atoms. The topological polar surface area (TPSA) is 17.1 Å². The number of ketones is 1. The van der Waals surface area contributed by atoms with Gasteiger partial charge in [0.1, 0.15) is 5.78 Å². The van der Waals surface area contributed by atoms with Crippen molar-refractivity contribution in [2.24, 2.45) is 11.3 Å². The first-order valence-electron chi connectivity index (χ1n) is 5.72. The van der Waals surface area contributed by atoms with Gasteiger partial charge in [-0.25, -0.2) is 0 Å². The van der Waals surface area contributed by atoms with Crippen LogP contribution in [0.1, 0.15) is 58.3 Å². The van der Waals surface area contributed by atoms with Gasteiger partial charge in [-0.15, -0.1) is 0 Å². The Balaban J connectivity index is 2.01. The lowest BCUT2D eigenvalue weighted by Gasteiger charge is -2.38. The molecule has 1 nitrogen and oxygen atoms in total. The van der Waals surface area contributed by atoms with Gasteiger partial charge in [-0.05, 0) is 30.6 Å². The van der Waals surface area contributed by atoms with E-state index in [9.17, 15) is 4.79 Å². The predicted molar refractivity (Wildman–Crippen MR) is 53.5 cm³/mol. The van der Waals surface area contributed by atoms with E-state index in [0.29, 0.717) is 11.2 Å². The summed E-state index contributed by atoms with van der Waals surface area (Å²) in [4.78, 5) is 11.2. The van der Waals surface area contributed by atoms with Crippen LogP contribution in [0, 0.1) is 11.3 Å². The molecule has 0 aromatic heterocycles. The molecule has 2 aliphatic rings. The van der Waals surface area contributed by atoms with Gasteiger partial charge in [0.2, 0.25) is 0 Å². The summed E-state index contributed by atoms with van der Waals surface area (Å²) in [5, 5.41) is 0. The molecule has 74 valence electrons. The molecule has 0 unspecified atom stereocenters. The van der Waals surface area contributed by atoms with Gasteiger partial charge in [0, 0.05) is 12.8 Å².